The van der Waals surface area contributed by atoms with Crippen molar-refractivity contribution in [2.45, 2.75) is 40.2 Å². The quantitative estimate of drug-likeness (QED) is 0.417. The van der Waals surface area contributed by atoms with Crippen molar-refractivity contribution in [3.05, 3.63) is 70.8 Å². The summed E-state index contributed by atoms with van der Waals surface area (Å²) in [5, 5.41) is 2.76. The smallest absolute Gasteiger partial charge is 0.270 e. The molecule has 0 aromatic heterocycles. The van der Waals surface area contributed by atoms with E-state index in [4.69, 9.17) is 12.2 Å². The second-order valence-corrected chi connectivity index (χ2v) is 9.13. The lowest BCUT2D eigenvalue weighted by Gasteiger charge is -2.42. The number of thiocarbonyl (C=S) groups is 1. The first kappa shape index (κ1) is 22.0. The number of amides is 2. The number of aryl methyl sites for hydroxylation is 1. The van der Waals surface area contributed by atoms with Gasteiger partial charge in [-0.15, -0.1) is 0 Å². The average Bonchev–Trinajstić information content (AvgIpc) is 2.72. The van der Waals surface area contributed by atoms with Crippen molar-refractivity contribution in [3.8, 4) is 0 Å². The zero-order valence-corrected chi connectivity index (χ0v) is 19.8. The summed E-state index contributed by atoms with van der Waals surface area (Å²) in [6.45, 7) is 11.4. The normalized spacial score (nSPS) is 19.1. The number of para-hydroxylation sites is 1. The maximum Gasteiger partial charge on any atom is 0.270 e. The topological polar surface area (TPSA) is 52.7 Å². The number of benzene rings is 2. The van der Waals surface area contributed by atoms with Gasteiger partial charge in [-0.3, -0.25) is 19.8 Å². The van der Waals surface area contributed by atoms with Crippen molar-refractivity contribution >= 4 is 52.2 Å². The van der Waals surface area contributed by atoms with Crippen LogP contribution in [0.5, 0.6) is 0 Å². The number of likely N-dealkylation sites (N-methyl/N-ethyl adjacent to an activating group) is 1. The molecule has 1 saturated heterocycles. The number of carbonyl (C=O) groups is 2. The molecule has 164 valence electrons. The number of hydrogen-bond donors (Lipinski definition) is 1. The predicted molar refractivity (Wildman–Crippen MR) is 135 cm³/mol. The Morgan fingerprint density at radius 2 is 1.78 bits per heavy atom. The Morgan fingerprint density at radius 1 is 1.06 bits per heavy atom. The largest absolute Gasteiger partial charge is 0.363 e. The van der Waals surface area contributed by atoms with Crippen molar-refractivity contribution in [1.82, 2.24) is 5.32 Å². The van der Waals surface area contributed by atoms with Crippen LogP contribution in [-0.4, -0.2) is 29.0 Å². The number of nitrogens with one attached hydrogen (secondary N) is 1. The molecule has 0 spiro atoms. The van der Waals surface area contributed by atoms with Crippen LogP contribution in [0, 0.1) is 6.92 Å². The van der Waals surface area contributed by atoms with Crippen LogP contribution in [0.3, 0.4) is 0 Å². The highest BCUT2D eigenvalue weighted by molar-refractivity contribution is 7.80. The molecule has 2 aromatic carbocycles. The highest BCUT2D eigenvalue weighted by atomic mass is 32.1. The Morgan fingerprint density at radius 3 is 2.47 bits per heavy atom. The van der Waals surface area contributed by atoms with Gasteiger partial charge in [0.2, 0.25) is 0 Å². The average molecular weight is 446 g/mol. The van der Waals surface area contributed by atoms with Crippen molar-refractivity contribution in [2.24, 2.45) is 0 Å². The second-order valence-electron chi connectivity index (χ2n) is 8.75. The van der Waals surface area contributed by atoms with Crippen molar-refractivity contribution in [3.63, 3.8) is 0 Å². The number of nitrogens with zero attached hydrogens (tertiary/aromatic N) is 2. The molecule has 32 heavy (non-hydrogen) atoms. The lowest BCUT2D eigenvalue weighted by atomic mass is 9.88. The van der Waals surface area contributed by atoms with Gasteiger partial charge in [0.15, 0.2) is 5.11 Å². The van der Waals surface area contributed by atoms with Crippen LogP contribution in [0.25, 0.3) is 11.6 Å². The van der Waals surface area contributed by atoms with Crippen LogP contribution in [0.15, 0.2) is 54.1 Å². The Bertz CT molecular complexity index is 1210. The van der Waals surface area contributed by atoms with Gasteiger partial charge in [-0.05, 0) is 87.8 Å². The number of hydrogen-bond acceptors (Lipinski definition) is 4. The number of rotatable bonds is 3. The van der Waals surface area contributed by atoms with E-state index in [9.17, 15) is 9.59 Å². The molecule has 0 radical (unpaired) electrons. The first-order chi connectivity index (χ1) is 15.1. The SMILES string of the molecule is CCN1c2ccc(/C=C3/C(=O)NC(=S)N(c4ccccc4C)C3=O)cc2C(C)=CC1(C)C. The lowest BCUT2D eigenvalue weighted by Crippen LogP contribution is -2.54. The molecule has 4 rings (SSSR count). The van der Waals surface area contributed by atoms with E-state index in [-0.39, 0.29) is 16.2 Å². The second kappa shape index (κ2) is 8.02. The van der Waals surface area contributed by atoms with Crippen LogP contribution in [0.1, 0.15) is 44.4 Å². The fraction of sp³-hybridized carbons (Fsp3) is 0.269. The molecule has 6 heteroatoms. The molecule has 2 heterocycles. The summed E-state index contributed by atoms with van der Waals surface area (Å²) in [5.41, 5.74) is 5.79. The van der Waals surface area contributed by atoms with Crippen molar-refractivity contribution < 1.29 is 9.59 Å². The van der Waals surface area contributed by atoms with Gasteiger partial charge in [0.1, 0.15) is 5.57 Å². The molecule has 0 atom stereocenters. The summed E-state index contributed by atoms with van der Waals surface area (Å²) in [5.74, 6) is -0.902. The van der Waals surface area contributed by atoms with Gasteiger partial charge < -0.3 is 4.90 Å². The van der Waals surface area contributed by atoms with Gasteiger partial charge in [-0.2, -0.15) is 0 Å². The molecule has 2 amide bonds. The summed E-state index contributed by atoms with van der Waals surface area (Å²) in [4.78, 5) is 29.8. The molecule has 2 aliphatic heterocycles. The summed E-state index contributed by atoms with van der Waals surface area (Å²) < 4.78 is 0. The summed E-state index contributed by atoms with van der Waals surface area (Å²) >= 11 is 5.32. The monoisotopic (exact) mass is 445 g/mol. The van der Waals surface area contributed by atoms with E-state index in [1.165, 1.54) is 10.5 Å². The van der Waals surface area contributed by atoms with Crippen LogP contribution in [0.2, 0.25) is 0 Å². The van der Waals surface area contributed by atoms with E-state index in [2.05, 4.69) is 50.1 Å². The molecule has 1 N–H and O–H groups in total. The first-order valence-corrected chi connectivity index (χ1v) is 11.1. The van der Waals surface area contributed by atoms with E-state index in [1.807, 2.05) is 43.3 Å². The number of fused-ring (bicyclic) bond motifs is 1. The Kier molecular flexibility index (Phi) is 5.51. The van der Waals surface area contributed by atoms with Gasteiger partial charge in [-0.25, -0.2) is 0 Å². The number of anilines is 2. The summed E-state index contributed by atoms with van der Waals surface area (Å²) in [7, 11) is 0. The standard InChI is InChI=1S/C26H27N3O2S/c1-6-28-22-12-11-18(13-19(22)17(3)15-26(28,4)5)14-20-23(30)27-25(32)29(24(20)31)21-10-8-7-9-16(21)2/h7-15H,6H2,1-5H3,(H,27,30,32)/b20-14-. The van der Waals surface area contributed by atoms with Gasteiger partial charge >= 0.3 is 0 Å². The number of carbonyl (C=O) groups excluding carboxylic acids is 2. The van der Waals surface area contributed by atoms with Gasteiger partial charge in [0.25, 0.3) is 11.8 Å². The van der Waals surface area contributed by atoms with E-state index < -0.39 is 11.8 Å². The highest BCUT2D eigenvalue weighted by Gasteiger charge is 2.35. The lowest BCUT2D eigenvalue weighted by molar-refractivity contribution is -0.122. The minimum Gasteiger partial charge on any atom is -0.363 e. The minimum atomic E-state index is -0.480. The van der Waals surface area contributed by atoms with E-state index in [0.717, 1.165) is 28.9 Å². The zero-order valence-electron chi connectivity index (χ0n) is 19.0. The van der Waals surface area contributed by atoms with Crippen LogP contribution in [-0.2, 0) is 9.59 Å². The van der Waals surface area contributed by atoms with Crippen molar-refractivity contribution in [1.29, 1.82) is 0 Å². The third-order valence-corrected chi connectivity index (χ3v) is 6.37. The highest BCUT2D eigenvalue weighted by Crippen LogP contribution is 2.39. The van der Waals surface area contributed by atoms with Crippen LogP contribution >= 0.6 is 12.2 Å². The predicted octanol–water partition coefficient (Wildman–Crippen LogP) is 4.85. The molecule has 0 saturated carbocycles. The molecule has 0 aliphatic carbocycles. The minimum absolute atomic E-state index is 0.0620. The van der Waals surface area contributed by atoms with E-state index >= 15 is 0 Å². The van der Waals surface area contributed by atoms with Gasteiger partial charge in [0, 0.05) is 17.8 Å². The maximum absolute atomic E-state index is 13.3. The fourth-order valence-electron chi connectivity index (χ4n) is 4.63. The third kappa shape index (κ3) is 3.65. The van der Waals surface area contributed by atoms with Crippen molar-refractivity contribution in [2.75, 3.05) is 16.3 Å². The molecular weight excluding hydrogens is 418 g/mol. The first-order valence-electron chi connectivity index (χ1n) is 10.7. The van der Waals surface area contributed by atoms with E-state index in [1.54, 1.807) is 6.08 Å². The molecule has 0 bridgehead atoms. The molecule has 2 aliphatic rings. The maximum atomic E-state index is 13.3. The molecular formula is C26H27N3O2S. The molecule has 0 unspecified atom stereocenters. The van der Waals surface area contributed by atoms with Gasteiger partial charge in [0.05, 0.1) is 11.2 Å². The molecule has 2 aromatic rings. The zero-order chi connectivity index (χ0) is 23.2. The third-order valence-electron chi connectivity index (χ3n) is 6.09. The van der Waals surface area contributed by atoms with E-state index in [0.29, 0.717) is 5.69 Å². The summed E-state index contributed by atoms with van der Waals surface area (Å²) in [6, 6.07) is 13.5. The molecule has 5 nitrogen and oxygen atoms in total. The van der Waals surface area contributed by atoms with Gasteiger partial charge in [-0.1, -0.05) is 30.3 Å². The number of allylic oxidation sites excluding steroid dienone is 1. The molecule has 1 fully saturated rings. The Labute approximate surface area is 194 Å². The fourth-order valence-corrected chi connectivity index (χ4v) is 4.90. The van der Waals surface area contributed by atoms with Crippen LogP contribution in [0.4, 0.5) is 11.4 Å². The van der Waals surface area contributed by atoms with Crippen LogP contribution < -0.4 is 15.1 Å². The Hall–Kier alpha value is -3.25. The summed E-state index contributed by atoms with van der Waals surface area (Å²) in [6.07, 6.45) is 3.90. The Balaban J connectivity index is 1.76.